The number of hydrogen-bond donors (Lipinski definition) is 2. The van der Waals surface area contributed by atoms with Crippen LogP contribution >= 0.6 is 11.3 Å². The molecular formula is C12H19N3OS. The minimum absolute atomic E-state index is 0.165. The van der Waals surface area contributed by atoms with Crippen molar-refractivity contribution in [1.82, 2.24) is 15.6 Å². The molecule has 1 aliphatic rings. The molecule has 0 radical (unpaired) electrons. The van der Waals surface area contributed by atoms with Crippen LogP contribution < -0.4 is 10.6 Å². The van der Waals surface area contributed by atoms with E-state index in [0.29, 0.717) is 12.5 Å². The molecule has 1 saturated carbocycles. The molecule has 0 saturated heterocycles. The van der Waals surface area contributed by atoms with E-state index in [1.54, 1.807) is 11.3 Å². The van der Waals surface area contributed by atoms with Crippen molar-refractivity contribution in [2.45, 2.75) is 45.2 Å². The molecule has 2 rings (SSSR count). The Morgan fingerprint density at radius 2 is 2.41 bits per heavy atom. The predicted octanol–water partition coefficient (Wildman–Crippen LogP) is 1.46. The molecule has 1 heterocycles. The number of aromatic nitrogens is 1. The molecule has 0 aliphatic heterocycles. The molecule has 94 valence electrons. The van der Waals surface area contributed by atoms with E-state index in [1.807, 2.05) is 6.20 Å². The highest BCUT2D eigenvalue weighted by molar-refractivity contribution is 7.11. The number of carbonyl (C=O) groups is 1. The monoisotopic (exact) mass is 253 g/mol. The number of amides is 1. The van der Waals surface area contributed by atoms with Crippen molar-refractivity contribution in [2.75, 3.05) is 6.54 Å². The van der Waals surface area contributed by atoms with Gasteiger partial charge in [-0.2, -0.15) is 0 Å². The Labute approximate surface area is 106 Å². The molecule has 0 unspecified atom stereocenters. The Morgan fingerprint density at radius 1 is 1.59 bits per heavy atom. The van der Waals surface area contributed by atoms with E-state index in [9.17, 15) is 4.79 Å². The highest BCUT2D eigenvalue weighted by Crippen LogP contribution is 2.18. The van der Waals surface area contributed by atoms with Crippen LogP contribution in [0.2, 0.25) is 0 Å². The van der Waals surface area contributed by atoms with Gasteiger partial charge in [-0.3, -0.25) is 4.79 Å². The third-order valence-electron chi connectivity index (χ3n) is 2.67. The summed E-state index contributed by atoms with van der Waals surface area (Å²) in [4.78, 5) is 16.9. The maximum Gasteiger partial charge on any atom is 0.221 e. The molecule has 2 N–H and O–H groups in total. The summed E-state index contributed by atoms with van der Waals surface area (Å²) >= 11 is 1.74. The number of thiazole rings is 1. The lowest BCUT2D eigenvalue weighted by Crippen LogP contribution is -2.28. The second kappa shape index (κ2) is 6.12. The molecule has 1 amide bonds. The predicted molar refractivity (Wildman–Crippen MR) is 69.0 cm³/mol. The van der Waals surface area contributed by atoms with Crippen molar-refractivity contribution < 1.29 is 4.79 Å². The van der Waals surface area contributed by atoms with E-state index in [4.69, 9.17) is 0 Å². The van der Waals surface area contributed by atoms with Gasteiger partial charge in [0.1, 0.15) is 0 Å². The van der Waals surface area contributed by atoms with E-state index < -0.39 is 0 Å². The molecule has 1 fully saturated rings. The molecule has 0 spiro atoms. The fourth-order valence-corrected chi connectivity index (χ4v) is 2.37. The van der Waals surface area contributed by atoms with Crippen molar-refractivity contribution in [3.63, 3.8) is 0 Å². The molecule has 1 aromatic heterocycles. The van der Waals surface area contributed by atoms with E-state index in [1.165, 1.54) is 9.88 Å². The zero-order chi connectivity index (χ0) is 12.1. The Balaban J connectivity index is 1.57. The summed E-state index contributed by atoms with van der Waals surface area (Å²) in [5.74, 6) is 0.165. The molecule has 17 heavy (non-hydrogen) atoms. The van der Waals surface area contributed by atoms with Crippen LogP contribution in [0.1, 0.15) is 36.1 Å². The first kappa shape index (κ1) is 12.5. The molecule has 1 aliphatic carbocycles. The van der Waals surface area contributed by atoms with E-state index in [2.05, 4.69) is 22.5 Å². The maximum absolute atomic E-state index is 11.4. The third-order valence-corrected chi connectivity index (χ3v) is 3.82. The van der Waals surface area contributed by atoms with Crippen LogP contribution in [-0.4, -0.2) is 23.5 Å². The van der Waals surface area contributed by atoms with Crippen LogP contribution in [0.4, 0.5) is 0 Å². The number of aryl methyl sites for hydroxylation is 1. The van der Waals surface area contributed by atoms with Gasteiger partial charge in [0, 0.05) is 36.6 Å². The number of nitrogens with zero attached hydrogens (tertiary/aromatic N) is 1. The Bertz CT molecular complexity index is 374. The number of rotatable bonds is 7. The minimum Gasteiger partial charge on any atom is -0.353 e. The standard InChI is InChI=1S/C12H19N3OS/c1-2-12-14-8-10(17-12)7-13-6-5-11(16)15-9-3-4-9/h8-9,13H,2-7H2,1H3,(H,15,16). The van der Waals surface area contributed by atoms with Crippen molar-refractivity contribution >= 4 is 17.2 Å². The SMILES string of the molecule is CCc1ncc(CNCCC(=O)NC2CC2)s1. The Morgan fingerprint density at radius 3 is 3.06 bits per heavy atom. The highest BCUT2D eigenvalue weighted by atomic mass is 32.1. The fourth-order valence-electron chi connectivity index (χ4n) is 1.53. The third kappa shape index (κ3) is 4.44. The lowest BCUT2D eigenvalue weighted by molar-refractivity contribution is -0.121. The molecule has 1 aromatic rings. The Kier molecular flexibility index (Phi) is 4.50. The zero-order valence-electron chi connectivity index (χ0n) is 10.2. The van der Waals surface area contributed by atoms with Gasteiger partial charge in [0.15, 0.2) is 0 Å². The molecule has 0 atom stereocenters. The normalized spacial score (nSPS) is 14.9. The van der Waals surface area contributed by atoms with E-state index in [-0.39, 0.29) is 5.91 Å². The van der Waals surface area contributed by atoms with Crippen LogP contribution in [0.5, 0.6) is 0 Å². The van der Waals surface area contributed by atoms with Crippen molar-refractivity contribution in [3.05, 3.63) is 16.1 Å². The first-order valence-electron chi connectivity index (χ1n) is 6.21. The van der Waals surface area contributed by atoms with Gasteiger partial charge in [-0.05, 0) is 19.3 Å². The molecular weight excluding hydrogens is 234 g/mol. The summed E-state index contributed by atoms with van der Waals surface area (Å²) in [6.45, 7) is 3.66. The average molecular weight is 253 g/mol. The maximum atomic E-state index is 11.4. The largest absolute Gasteiger partial charge is 0.353 e. The van der Waals surface area contributed by atoms with Gasteiger partial charge >= 0.3 is 0 Å². The molecule has 5 heteroatoms. The van der Waals surface area contributed by atoms with Crippen molar-refractivity contribution in [3.8, 4) is 0 Å². The van der Waals surface area contributed by atoms with Crippen molar-refractivity contribution in [1.29, 1.82) is 0 Å². The second-order valence-electron chi connectivity index (χ2n) is 4.34. The van der Waals surface area contributed by atoms with Crippen LogP contribution in [0.25, 0.3) is 0 Å². The summed E-state index contributed by atoms with van der Waals surface area (Å²) in [5.41, 5.74) is 0. The zero-order valence-corrected chi connectivity index (χ0v) is 11.0. The van der Waals surface area contributed by atoms with Gasteiger partial charge in [-0.1, -0.05) is 6.92 Å². The van der Waals surface area contributed by atoms with Crippen LogP contribution in [0.15, 0.2) is 6.20 Å². The second-order valence-corrected chi connectivity index (χ2v) is 5.54. The quantitative estimate of drug-likeness (QED) is 0.723. The molecule has 4 nitrogen and oxygen atoms in total. The Hall–Kier alpha value is -0.940. The number of carbonyl (C=O) groups excluding carboxylic acids is 1. The lowest BCUT2D eigenvalue weighted by atomic mass is 10.4. The number of hydrogen-bond acceptors (Lipinski definition) is 4. The average Bonchev–Trinajstić information content (AvgIpc) is 3.01. The van der Waals surface area contributed by atoms with Gasteiger partial charge in [-0.25, -0.2) is 4.98 Å². The number of nitrogens with one attached hydrogen (secondary N) is 2. The van der Waals surface area contributed by atoms with Crippen LogP contribution in [0, 0.1) is 0 Å². The minimum atomic E-state index is 0.165. The fraction of sp³-hybridized carbons (Fsp3) is 0.667. The first-order chi connectivity index (χ1) is 8.28. The summed E-state index contributed by atoms with van der Waals surface area (Å²) in [5, 5.41) is 7.42. The van der Waals surface area contributed by atoms with Gasteiger partial charge in [0.2, 0.25) is 5.91 Å². The summed E-state index contributed by atoms with van der Waals surface area (Å²) in [6.07, 6.45) is 5.78. The van der Waals surface area contributed by atoms with E-state index >= 15 is 0 Å². The molecule has 0 bridgehead atoms. The van der Waals surface area contributed by atoms with E-state index in [0.717, 1.165) is 32.4 Å². The summed E-state index contributed by atoms with van der Waals surface area (Å²) in [7, 11) is 0. The van der Waals surface area contributed by atoms with Crippen molar-refractivity contribution in [2.24, 2.45) is 0 Å². The van der Waals surface area contributed by atoms with Gasteiger partial charge < -0.3 is 10.6 Å². The van der Waals surface area contributed by atoms with Gasteiger partial charge in [0.25, 0.3) is 0 Å². The van der Waals surface area contributed by atoms with Gasteiger partial charge in [0.05, 0.1) is 5.01 Å². The first-order valence-corrected chi connectivity index (χ1v) is 7.03. The highest BCUT2D eigenvalue weighted by Gasteiger charge is 2.22. The lowest BCUT2D eigenvalue weighted by Gasteiger charge is -2.03. The van der Waals surface area contributed by atoms with Crippen LogP contribution in [-0.2, 0) is 17.8 Å². The topological polar surface area (TPSA) is 54.0 Å². The smallest absolute Gasteiger partial charge is 0.221 e. The summed E-state index contributed by atoms with van der Waals surface area (Å²) in [6, 6.07) is 0.469. The van der Waals surface area contributed by atoms with Gasteiger partial charge in [-0.15, -0.1) is 11.3 Å². The molecule has 0 aromatic carbocycles. The summed E-state index contributed by atoms with van der Waals surface area (Å²) < 4.78 is 0. The van der Waals surface area contributed by atoms with Crippen LogP contribution in [0.3, 0.4) is 0 Å².